The predicted molar refractivity (Wildman–Crippen MR) is 88.7 cm³/mol. The molecule has 0 spiro atoms. The van der Waals surface area contributed by atoms with E-state index in [1.54, 1.807) is 4.68 Å². The van der Waals surface area contributed by atoms with Crippen molar-refractivity contribution in [1.29, 1.82) is 0 Å². The standard InChI is InChI=1S/C17H23N5O/c1-13-19-16(20-22(13)15-7-4-3-5-8-15)17(23)18-11-10-14-9-6-12-21(14)2/h3-5,7-8,14H,6,9-12H2,1-2H3,(H,18,23). The molecule has 3 rings (SSSR count). The summed E-state index contributed by atoms with van der Waals surface area (Å²) in [5.74, 6) is 0.728. The summed E-state index contributed by atoms with van der Waals surface area (Å²) in [5, 5.41) is 7.26. The summed E-state index contributed by atoms with van der Waals surface area (Å²) in [7, 11) is 2.14. The summed E-state index contributed by atoms with van der Waals surface area (Å²) in [5.41, 5.74) is 0.907. The summed E-state index contributed by atoms with van der Waals surface area (Å²) < 4.78 is 1.69. The zero-order valence-electron chi connectivity index (χ0n) is 13.7. The lowest BCUT2D eigenvalue weighted by Gasteiger charge is -2.18. The number of carbonyl (C=O) groups is 1. The van der Waals surface area contributed by atoms with E-state index in [9.17, 15) is 4.79 Å². The summed E-state index contributed by atoms with van der Waals surface area (Å²) in [6.45, 7) is 3.66. The van der Waals surface area contributed by atoms with Crippen LogP contribution in [0.3, 0.4) is 0 Å². The van der Waals surface area contributed by atoms with Gasteiger partial charge in [0.05, 0.1) is 5.69 Å². The molecule has 1 aliphatic rings. The molecule has 1 unspecified atom stereocenters. The minimum absolute atomic E-state index is 0.205. The van der Waals surface area contributed by atoms with Gasteiger partial charge in [-0.15, -0.1) is 5.10 Å². The molecule has 0 saturated carbocycles. The van der Waals surface area contributed by atoms with Gasteiger partial charge < -0.3 is 10.2 Å². The third kappa shape index (κ3) is 3.59. The van der Waals surface area contributed by atoms with Crippen LogP contribution < -0.4 is 5.32 Å². The highest BCUT2D eigenvalue weighted by Gasteiger charge is 2.21. The minimum Gasteiger partial charge on any atom is -0.349 e. The highest BCUT2D eigenvalue weighted by Crippen LogP contribution is 2.17. The van der Waals surface area contributed by atoms with Gasteiger partial charge >= 0.3 is 0 Å². The van der Waals surface area contributed by atoms with E-state index in [0.717, 1.165) is 18.7 Å². The maximum atomic E-state index is 12.2. The Morgan fingerprint density at radius 1 is 1.35 bits per heavy atom. The van der Waals surface area contributed by atoms with E-state index in [2.05, 4.69) is 27.3 Å². The lowest BCUT2D eigenvalue weighted by atomic mass is 10.1. The van der Waals surface area contributed by atoms with Crippen LogP contribution in [0.15, 0.2) is 30.3 Å². The van der Waals surface area contributed by atoms with Crippen LogP contribution in [0.4, 0.5) is 0 Å². The third-order valence-electron chi connectivity index (χ3n) is 4.41. The van der Waals surface area contributed by atoms with Gasteiger partial charge in [-0.25, -0.2) is 9.67 Å². The Morgan fingerprint density at radius 3 is 2.83 bits per heavy atom. The molecule has 6 nitrogen and oxygen atoms in total. The molecule has 2 aromatic rings. The smallest absolute Gasteiger partial charge is 0.290 e. The second-order valence-corrected chi connectivity index (χ2v) is 6.05. The Balaban J connectivity index is 1.60. The van der Waals surface area contributed by atoms with Gasteiger partial charge in [0.25, 0.3) is 5.91 Å². The van der Waals surface area contributed by atoms with Crippen LogP contribution in [0.1, 0.15) is 35.7 Å². The van der Waals surface area contributed by atoms with Gasteiger partial charge in [-0.05, 0) is 51.9 Å². The molecule has 1 aromatic carbocycles. The second kappa shape index (κ2) is 6.91. The minimum atomic E-state index is -0.205. The molecule has 6 heteroatoms. The Morgan fingerprint density at radius 2 is 2.13 bits per heavy atom. The van der Waals surface area contributed by atoms with E-state index in [0.29, 0.717) is 18.4 Å². The molecule has 122 valence electrons. The molecule has 1 aromatic heterocycles. The van der Waals surface area contributed by atoms with Crippen LogP contribution in [-0.4, -0.2) is 51.8 Å². The first-order valence-corrected chi connectivity index (χ1v) is 8.12. The van der Waals surface area contributed by atoms with Crippen LogP contribution in [0.5, 0.6) is 0 Å². The van der Waals surface area contributed by atoms with Crippen molar-refractivity contribution in [2.45, 2.75) is 32.2 Å². The van der Waals surface area contributed by atoms with Gasteiger partial charge in [0, 0.05) is 12.6 Å². The maximum Gasteiger partial charge on any atom is 0.290 e. The average Bonchev–Trinajstić information content (AvgIpc) is 3.14. The average molecular weight is 313 g/mol. The van der Waals surface area contributed by atoms with Crippen LogP contribution in [0, 0.1) is 6.92 Å². The number of amides is 1. The summed E-state index contributed by atoms with van der Waals surface area (Å²) in [6.07, 6.45) is 3.43. The number of carbonyl (C=O) groups excluding carboxylic acids is 1. The van der Waals surface area contributed by atoms with E-state index in [-0.39, 0.29) is 11.7 Å². The largest absolute Gasteiger partial charge is 0.349 e. The fourth-order valence-electron chi connectivity index (χ4n) is 3.08. The van der Waals surface area contributed by atoms with Crippen molar-refractivity contribution in [2.24, 2.45) is 0 Å². The van der Waals surface area contributed by atoms with Gasteiger partial charge in [0.2, 0.25) is 5.82 Å². The van der Waals surface area contributed by atoms with Crippen molar-refractivity contribution in [3.63, 3.8) is 0 Å². The quantitative estimate of drug-likeness (QED) is 0.914. The molecule has 1 aliphatic heterocycles. The topological polar surface area (TPSA) is 63.1 Å². The van der Waals surface area contributed by atoms with Crippen molar-refractivity contribution in [2.75, 3.05) is 20.1 Å². The fraction of sp³-hybridized carbons (Fsp3) is 0.471. The highest BCUT2D eigenvalue weighted by atomic mass is 16.2. The zero-order valence-corrected chi connectivity index (χ0v) is 13.7. The number of rotatable bonds is 5. The summed E-state index contributed by atoms with van der Waals surface area (Å²) in [6, 6.07) is 10.3. The van der Waals surface area contributed by atoms with E-state index in [1.165, 1.54) is 12.8 Å². The molecule has 1 atom stereocenters. The Hall–Kier alpha value is -2.21. The number of nitrogens with one attached hydrogen (secondary N) is 1. The molecule has 0 bridgehead atoms. The Kier molecular flexibility index (Phi) is 4.71. The van der Waals surface area contributed by atoms with Gasteiger partial charge in [0.15, 0.2) is 0 Å². The number of aromatic nitrogens is 3. The number of para-hydroxylation sites is 1. The van der Waals surface area contributed by atoms with E-state index < -0.39 is 0 Å². The molecule has 1 saturated heterocycles. The van der Waals surface area contributed by atoms with E-state index in [4.69, 9.17) is 0 Å². The molecular formula is C17H23N5O. The number of hydrogen-bond acceptors (Lipinski definition) is 4. The number of benzene rings is 1. The first-order valence-electron chi connectivity index (χ1n) is 8.12. The fourth-order valence-corrected chi connectivity index (χ4v) is 3.08. The lowest BCUT2D eigenvalue weighted by molar-refractivity contribution is 0.0940. The van der Waals surface area contributed by atoms with Crippen LogP contribution in [0.2, 0.25) is 0 Å². The molecule has 1 N–H and O–H groups in total. The molecule has 23 heavy (non-hydrogen) atoms. The second-order valence-electron chi connectivity index (χ2n) is 6.05. The van der Waals surface area contributed by atoms with Gasteiger partial charge in [-0.1, -0.05) is 18.2 Å². The molecule has 1 fully saturated rings. The van der Waals surface area contributed by atoms with Gasteiger partial charge in [-0.3, -0.25) is 4.79 Å². The van der Waals surface area contributed by atoms with Crippen molar-refractivity contribution in [1.82, 2.24) is 25.0 Å². The summed E-state index contributed by atoms with van der Waals surface area (Å²) in [4.78, 5) is 18.9. The van der Waals surface area contributed by atoms with Gasteiger partial charge in [-0.2, -0.15) is 0 Å². The number of likely N-dealkylation sites (tertiary alicyclic amines) is 1. The van der Waals surface area contributed by atoms with Crippen molar-refractivity contribution >= 4 is 5.91 Å². The molecular weight excluding hydrogens is 290 g/mol. The van der Waals surface area contributed by atoms with Crippen molar-refractivity contribution in [3.8, 4) is 5.69 Å². The highest BCUT2D eigenvalue weighted by molar-refractivity contribution is 5.90. The maximum absolute atomic E-state index is 12.2. The normalized spacial score (nSPS) is 18.3. The molecule has 0 radical (unpaired) electrons. The Bertz CT molecular complexity index is 667. The van der Waals surface area contributed by atoms with Gasteiger partial charge in [0.1, 0.15) is 5.82 Å². The molecule has 0 aliphatic carbocycles. The lowest BCUT2D eigenvalue weighted by Crippen LogP contribution is -2.32. The molecule has 1 amide bonds. The predicted octanol–water partition coefficient (Wildman–Crippen LogP) is 1.79. The number of nitrogens with zero attached hydrogens (tertiary/aromatic N) is 4. The van der Waals surface area contributed by atoms with Crippen molar-refractivity contribution in [3.05, 3.63) is 42.0 Å². The van der Waals surface area contributed by atoms with Crippen LogP contribution in [-0.2, 0) is 0 Å². The first kappa shape index (κ1) is 15.7. The van der Waals surface area contributed by atoms with Crippen LogP contribution >= 0.6 is 0 Å². The van der Waals surface area contributed by atoms with Crippen molar-refractivity contribution < 1.29 is 4.79 Å². The zero-order chi connectivity index (χ0) is 16.2. The SMILES string of the molecule is Cc1nc(C(=O)NCCC2CCCN2C)nn1-c1ccccc1. The number of hydrogen-bond donors (Lipinski definition) is 1. The molecule has 2 heterocycles. The van der Waals surface area contributed by atoms with E-state index in [1.807, 2.05) is 37.3 Å². The first-order chi connectivity index (χ1) is 11.1. The third-order valence-corrected chi connectivity index (χ3v) is 4.41. The summed E-state index contributed by atoms with van der Waals surface area (Å²) >= 11 is 0. The monoisotopic (exact) mass is 313 g/mol. The Labute approximate surface area is 136 Å². The number of aryl methyl sites for hydroxylation is 1. The van der Waals surface area contributed by atoms with E-state index >= 15 is 0 Å². The van der Waals surface area contributed by atoms with Crippen LogP contribution in [0.25, 0.3) is 5.69 Å².